The van der Waals surface area contributed by atoms with Crippen LogP contribution in [0.25, 0.3) is 11.0 Å². The topological polar surface area (TPSA) is 56.6 Å². The Hall–Kier alpha value is -3.02. The Morgan fingerprint density at radius 1 is 1.08 bits per heavy atom. The fourth-order valence-electron chi connectivity index (χ4n) is 3.78. The second-order valence-corrected chi connectivity index (χ2v) is 6.73. The first-order valence-electron chi connectivity index (χ1n) is 8.88. The predicted octanol–water partition coefficient (Wildman–Crippen LogP) is 2.65. The molecule has 0 radical (unpaired) electrons. The van der Waals surface area contributed by atoms with Gasteiger partial charge in [0.2, 0.25) is 6.10 Å². The van der Waals surface area contributed by atoms with Gasteiger partial charge in [0.25, 0.3) is 5.91 Å². The summed E-state index contributed by atoms with van der Waals surface area (Å²) >= 11 is 0. The van der Waals surface area contributed by atoms with Crippen LogP contribution in [0.1, 0.15) is 12.5 Å². The van der Waals surface area contributed by atoms with E-state index in [-0.39, 0.29) is 18.6 Å². The molecule has 2 aliphatic rings. The number of likely N-dealkylation sites (tertiary alicyclic amines) is 1. The highest BCUT2D eigenvalue weighted by Gasteiger charge is 2.35. The molecule has 6 nitrogen and oxygen atoms in total. The number of carbonyl (C=O) groups excluding carboxylic acids is 1. The standard InChI is InChI=1S/C20H19N3O3/c24-20(19-12-25-17-7-3-4-8-18(17)26-19)22-10-9-14(11-22)23-13-21-15-5-1-2-6-16(15)23/h1-8,13-14,19H,9-12H2/t14-,19+/m0/s1. The first kappa shape index (κ1) is 15.3. The number of amides is 1. The van der Waals surface area contributed by atoms with Crippen LogP contribution in [0.2, 0.25) is 0 Å². The van der Waals surface area contributed by atoms with Crippen LogP contribution in [0, 0.1) is 0 Å². The summed E-state index contributed by atoms with van der Waals surface area (Å²) in [7, 11) is 0. The van der Waals surface area contributed by atoms with Crippen LogP contribution in [0.4, 0.5) is 0 Å². The van der Waals surface area contributed by atoms with Crippen molar-refractivity contribution in [2.45, 2.75) is 18.6 Å². The maximum atomic E-state index is 12.9. The molecule has 3 heterocycles. The van der Waals surface area contributed by atoms with E-state index in [2.05, 4.69) is 15.6 Å². The Kier molecular flexibility index (Phi) is 3.55. The number of hydrogen-bond acceptors (Lipinski definition) is 4. The van der Waals surface area contributed by atoms with E-state index in [1.54, 1.807) is 0 Å². The number of hydrogen-bond donors (Lipinski definition) is 0. The summed E-state index contributed by atoms with van der Waals surface area (Å²) in [5.74, 6) is 1.32. The quantitative estimate of drug-likeness (QED) is 0.714. The van der Waals surface area contributed by atoms with Crippen LogP contribution < -0.4 is 9.47 Å². The molecule has 5 rings (SSSR count). The maximum Gasteiger partial charge on any atom is 0.267 e. The summed E-state index contributed by atoms with van der Waals surface area (Å²) in [6.07, 6.45) is 2.21. The van der Waals surface area contributed by atoms with Crippen molar-refractivity contribution in [3.8, 4) is 11.5 Å². The number of nitrogens with zero attached hydrogens (tertiary/aromatic N) is 3. The highest BCUT2D eigenvalue weighted by molar-refractivity contribution is 5.82. The van der Waals surface area contributed by atoms with E-state index in [1.165, 1.54) is 0 Å². The summed E-state index contributed by atoms with van der Waals surface area (Å²) < 4.78 is 13.7. The number of carbonyl (C=O) groups is 1. The van der Waals surface area contributed by atoms with Gasteiger partial charge in [0.05, 0.1) is 23.4 Å². The SMILES string of the molecule is O=C([C@H]1COc2ccccc2O1)N1CC[C@H](n2cnc3ccccc32)C1. The molecule has 2 aliphatic heterocycles. The second-order valence-electron chi connectivity index (χ2n) is 6.73. The average Bonchev–Trinajstić information content (AvgIpc) is 3.34. The number of aromatic nitrogens is 2. The molecule has 132 valence electrons. The Balaban J connectivity index is 1.31. The molecular weight excluding hydrogens is 330 g/mol. The second kappa shape index (κ2) is 6.05. The lowest BCUT2D eigenvalue weighted by Gasteiger charge is -2.28. The van der Waals surface area contributed by atoms with Crippen molar-refractivity contribution in [1.82, 2.24) is 14.5 Å². The Labute approximate surface area is 151 Å². The molecule has 1 fully saturated rings. The summed E-state index contributed by atoms with van der Waals surface area (Å²) in [6.45, 7) is 1.64. The van der Waals surface area contributed by atoms with Gasteiger partial charge in [-0.25, -0.2) is 4.98 Å². The monoisotopic (exact) mass is 349 g/mol. The zero-order valence-electron chi connectivity index (χ0n) is 14.2. The third kappa shape index (κ3) is 2.49. The molecular formula is C20H19N3O3. The Morgan fingerprint density at radius 3 is 2.81 bits per heavy atom. The molecule has 0 unspecified atom stereocenters. The third-order valence-corrected chi connectivity index (χ3v) is 5.13. The van der Waals surface area contributed by atoms with Crippen LogP contribution >= 0.6 is 0 Å². The van der Waals surface area contributed by atoms with Crippen molar-refractivity contribution in [3.05, 3.63) is 54.9 Å². The van der Waals surface area contributed by atoms with E-state index in [0.717, 1.165) is 24.0 Å². The molecule has 2 aromatic carbocycles. The summed E-state index contributed by atoms with van der Waals surface area (Å²) in [6, 6.07) is 15.8. The Morgan fingerprint density at radius 2 is 1.88 bits per heavy atom. The molecule has 0 bridgehead atoms. The van der Waals surface area contributed by atoms with E-state index < -0.39 is 6.10 Å². The fraction of sp³-hybridized carbons (Fsp3) is 0.300. The zero-order valence-corrected chi connectivity index (χ0v) is 14.2. The minimum atomic E-state index is -0.580. The number of ether oxygens (including phenoxy) is 2. The number of imidazole rings is 1. The lowest BCUT2D eigenvalue weighted by Crippen LogP contribution is -2.45. The van der Waals surface area contributed by atoms with E-state index >= 15 is 0 Å². The minimum Gasteiger partial charge on any atom is -0.485 e. The summed E-state index contributed by atoms with van der Waals surface area (Å²) in [5, 5.41) is 0. The molecule has 2 atom stereocenters. The van der Waals surface area contributed by atoms with Crippen molar-refractivity contribution < 1.29 is 14.3 Å². The van der Waals surface area contributed by atoms with Gasteiger partial charge >= 0.3 is 0 Å². The van der Waals surface area contributed by atoms with Crippen molar-refractivity contribution >= 4 is 16.9 Å². The van der Waals surface area contributed by atoms with Crippen LogP contribution in [-0.4, -0.2) is 46.2 Å². The van der Waals surface area contributed by atoms with Gasteiger partial charge in [-0.1, -0.05) is 24.3 Å². The maximum absolute atomic E-state index is 12.9. The van der Waals surface area contributed by atoms with Gasteiger partial charge in [-0.2, -0.15) is 0 Å². The lowest BCUT2D eigenvalue weighted by molar-refractivity contribution is -0.140. The van der Waals surface area contributed by atoms with Gasteiger partial charge in [-0.15, -0.1) is 0 Å². The number of para-hydroxylation sites is 4. The van der Waals surface area contributed by atoms with Crippen molar-refractivity contribution in [1.29, 1.82) is 0 Å². The molecule has 26 heavy (non-hydrogen) atoms. The number of fused-ring (bicyclic) bond motifs is 2. The van der Waals surface area contributed by atoms with Gasteiger partial charge < -0.3 is 18.9 Å². The number of benzene rings is 2. The molecule has 1 amide bonds. The highest BCUT2D eigenvalue weighted by atomic mass is 16.6. The van der Waals surface area contributed by atoms with Gasteiger partial charge in [0.1, 0.15) is 6.61 Å². The molecule has 0 saturated carbocycles. The first-order chi connectivity index (χ1) is 12.8. The molecule has 0 spiro atoms. The van der Waals surface area contributed by atoms with Gasteiger partial charge in [0, 0.05) is 13.1 Å². The lowest BCUT2D eigenvalue weighted by atomic mass is 10.2. The first-order valence-corrected chi connectivity index (χ1v) is 8.88. The molecule has 3 aromatic rings. The van der Waals surface area contributed by atoms with Crippen LogP contribution in [-0.2, 0) is 4.79 Å². The third-order valence-electron chi connectivity index (χ3n) is 5.13. The molecule has 6 heteroatoms. The van der Waals surface area contributed by atoms with Crippen LogP contribution in [0.5, 0.6) is 11.5 Å². The van der Waals surface area contributed by atoms with Crippen molar-refractivity contribution in [2.24, 2.45) is 0 Å². The number of rotatable bonds is 2. The summed E-state index contributed by atoms with van der Waals surface area (Å²) in [5.41, 5.74) is 2.09. The smallest absolute Gasteiger partial charge is 0.267 e. The molecule has 0 N–H and O–H groups in total. The predicted molar refractivity (Wildman–Crippen MR) is 96.3 cm³/mol. The van der Waals surface area contributed by atoms with E-state index in [0.29, 0.717) is 18.0 Å². The van der Waals surface area contributed by atoms with Crippen molar-refractivity contribution in [3.63, 3.8) is 0 Å². The fourth-order valence-corrected chi connectivity index (χ4v) is 3.78. The van der Waals surface area contributed by atoms with Crippen LogP contribution in [0.15, 0.2) is 54.9 Å². The van der Waals surface area contributed by atoms with E-state index in [4.69, 9.17) is 9.47 Å². The molecule has 1 aromatic heterocycles. The largest absolute Gasteiger partial charge is 0.485 e. The summed E-state index contributed by atoms with van der Waals surface area (Å²) in [4.78, 5) is 19.2. The Bertz CT molecular complexity index is 968. The van der Waals surface area contributed by atoms with Gasteiger partial charge in [-0.05, 0) is 30.7 Å². The molecule has 1 saturated heterocycles. The highest BCUT2D eigenvalue weighted by Crippen LogP contribution is 2.32. The molecule has 0 aliphatic carbocycles. The van der Waals surface area contributed by atoms with Gasteiger partial charge in [-0.3, -0.25) is 4.79 Å². The van der Waals surface area contributed by atoms with E-state index in [9.17, 15) is 4.79 Å². The zero-order chi connectivity index (χ0) is 17.5. The van der Waals surface area contributed by atoms with Crippen molar-refractivity contribution in [2.75, 3.05) is 19.7 Å². The minimum absolute atomic E-state index is 0.00794. The van der Waals surface area contributed by atoms with Crippen LogP contribution in [0.3, 0.4) is 0 Å². The normalized spacial score (nSPS) is 21.9. The average molecular weight is 349 g/mol. The van der Waals surface area contributed by atoms with E-state index in [1.807, 2.05) is 53.7 Å². The van der Waals surface area contributed by atoms with Gasteiger partial charge in [0.15, 0.2) is 11.5 Å².